The lowest BCUT2D eigenvalue weighted by Crippen LogP contribution is -2.50. The highest BCUT2D eigenvalue weighted by atomic mass is 32.2. The number of aryl methyl sites for hydroxylation is 1. The number of amides is 1. The summed E-state index contributed by atoms with van der Waals surface area (Å²) in [4.78, 5) is 36.2. The van der Waals surface area contributed by atoms with E-state index < -0.39 is 0 Å². The van der Waals surface area contributed by atoms with Gasteiger partial charge in [-0.2, -0.15) is 0 Å². The quantitative estimate of drug-likeness (QED) is 0.571. The third-order valence-corrected chi connectivity index (χ3v) is 5.82. The average Bonchev–Trinajstić information content (AvgIpc) is 2.68. The van der Waals surface area contributed by atoms with Crippen molar-refractivity contribution >= 4 is 17.7 Å². The molecule has 0 radical (unpaired) electrons. The Hall–Kier alpha value is -2.12. The lowest BCUT2D eigenvalue weighted by Gasteiger charge is -2.35. The number of H-pyrrole nitrogens is 1. The van der Waals surface area contributed by atoms with Gasteiger partial charge in [0.05, 0.1) is 5.25 Å². The molecule has 1 N–H and O–H groups in total. The number of carbonyl (C=O) groups excluding carboxylic acids is 1. The SMILES string of the molecule is CCCc1cc(=O)[nH]c(S[C@H](C)C(=O)N2CCN(Cc3ccccc3)CC2)n1. The molecule has 6 nitrogen and oxygen atoms in total. The average molecular weight is 401 g/mol. The Labute approximate surface area is 170 Å². The molecule has 0 saturated carbocycles. The summed E-state index contributed by atoms with van der Waals surface area (Å²) >= 11 is 1.33. The second-order valence-electron chi connectivity index (χ2n) is 7.14. The second kappa shape index (κ2) is 9.89. The monoisotopic (exact) mass is 400 g/mol. The zero-order valence-corrected chi connectivity index (χ0v) is 17.4. The van der Waals surface area contributed by atoms with Crippen LogP contribution >= 0.6 is 11.8 Å². The summed E-state index contributed by atoms with van der Waals surface area (Å²) in [5.41, 5.74) is 1.92. The molecule has 1 amide bonds. The van der Waals surface area contributed by atoms with Gasteiger partial charge in [-0.15, -0.1) is 0 Å². The first-order valence-corrected chi connectivity index (χ1v) is 10.7. The summed E-state index contributed by atoms with van der Waals surface area (Å²) in [5.74, 6) is 0.105. The van der Waals surface area contributed by atoms with E-state index in [1.165, 1.54) is 23.4 Å². The van der Waals surface area contributed by atoms with Crippen LogP contribution in [0.4, 0.5) is 0 Å². The van der Waals surface area contributed by atoms with Crippen molar-refractivity contribution in [2.24, 2.45) is 0 Å². The van der Waals surface area contributed by atoms with Gasteiger partial charge in [0, 0.05) is 44.5 Å². The number of piperazine rings is 1. The van der Waals surface area contributed by atoms with E-state index >= 15 is 0 Å². The van der Waals surface area contributed by atoms with Crippen molar-refractivity contribution in [1.82, 2.24) is 19.8 Å². The van der Waals surface area contributed by atoms with Gasteiger partial charge in [-0.05, 0) is 18.9 Å². The number of aromatic amines is 1. The van der Waals surface area contributed by atoms with Crippen LogP contribution in [0.2, 0.25) is 0 Å². The van der Waals surface area contributed by atoms with Gasteiger partial charge in [-0.25, -0.2) is 4.98 Å². The first-order valence-electron chi connectivity index (χ1n) is 9.87. The number of nitrogens with one attached hydrogen (secondary N) is 1. The van der Waals surface area contributed by atoms with Gasteiger partial charge >= 0.3 is 0 Å². The molecule has 7 heteroatoms. The molecule has 1 saturated heterocycles. The maximum atomic E-state index is 12.8. The van der Waals surface area contributed by atoms with Crippen LogP contribution in [0, 0.1) is 0 Å². The van der Waals surface area contributed by atoms with Crippen LogP contribution in [-0.2, 0) is 17.8 Å². The molecule has 0 spiro atoms. The number of thioether (sulfide) groups is 1. The van der Waals surface area contributed by atoms with Gasteiger partial charge in [0.15, 0.2) is 5.16 Å². The van der Waals surface area contributed by atoms with Crippen LogP contribution < -0.4 is 5.56 Å². The highest BCUT2D eigenvalue weighted by Gasteiger charge is 2.26. The Morgan fingerprint density at radius 3 is 2.61 bits per heavy atom. The molecule has 1 atom stereocenters. The van der Waals surface area contributed by atoms with Crippen LogP contribution in [0.15, 0.2) is 46.3 Å². The molecule has 3 rings (SSSR count). The molecule has 1 aliphatic rings. The van der Waals surface area contributed by atoms with Gasteiger partial charge in [0.1, 0.15) is 0 Å². The normalized spacial score (nSPS) is 16.1. The molecule has 0 aliphatic carbocycles. The second-order valence-corrected chi connectivity index (χ2v) is 8.47. The van der Waals surface area contributed by atoms with E-state index in [9.17, 15) is 9.59 Å². The van der Waals surface area contributed by atoms with Crippen LogP contribution in [0.5, 0.6) is 0 Å². The topological polar surface area (TPSA) is 69.3 Å². The van der Waals surface area contributed by atoms with Crippen LogP contribution in [-0.4, -0.2) is 57.1 Å². The highest BCUT2D eigenvalue weighted by molar-refractivity contribution is 8.00. The molecule has 1 aromatic heterocycles. The lowest BCUT2D eigenvalue weighted by molar-refractivity contribution is -0.132. The summed E-state index contributed by atoms with van der Waals surface area (Å²) in [6, 6.07) is 11.9. The molecule has 1 aromatic carbocycles. The third kappa shape index (κ3) is 5.69. The fourth-order valence-electron chi connectivity index (χ4n) is 3.37. The molecule has 28 heavy (non-hydrogen) atoms. The van der Waals surface area contributed by atoms with E-state index in [-0.39, 0.29) is 16.7 Å². The van der Waals surface area contributed by atoms with Gasteiger partial charge in [0.25, 0.3) is 5.56 Å². The Morgan fingerprint density at radius 2 is 1.93 bits per heavy atom. The minimum Gasteiger partial charge on any atom is -0.339 e. The predicted octanol–water partition coefficient (Wildman–Crippen LogP) is 2.55. The van der Waals surface area contributed by atoms with Crippen molar-refractivity contribution in [3.05, 3.63) is 58.0 Å². The number of hydrogen-bond donors (Lipinski definition) is 1. The maximum Gasteiger partial charge on any atom is 0.251 e. The Balaban J connectivity index is 1.52. The van der Waals surface area contributed by atoms with Crippen LogP contribution in [0.25, 0.3) is 0 Å². The fourth-order valence-corrected chi connectivity index (χ4v) is 4.28. The lowest BCUT2D eigenvalue weighted by atomic mass is 10.2. The standard InChI is InChI=1S/C21H28N4O2S/c1-3-7-18-14-19(26)23-21(22-18)28-16(2)20(27)25-12-10-24(11-13-25)15-17-8-5-4-6-9-17/h4-6,8-9,14,16H,3,7,10-13,15H2,1-2H3,(H,22,23,26)/t16-/m1/s1. The van der Waals surface area contributed by atoms with Crippen molar-refractivity contribution in [3.8, 4) is 0 Å². The Morgan fingerprint density at radius 1 is 1.21 bits per heavy atom. The zero-order chi connectivity index (χ0) is 19.9. The molecular formula is C21H28N4O2S. The molecular weight excluding hydrogens is 372 g/mol. The van der Waals surface area contributed by atoms with Crippen molar-refractivity contribution in [3.63, 3.8) is 0 Å². The minimum atomic E-state index is -0.277. The summed E-state index contributed by atoms with van der Waals surface area (Å²) < 4.78 is 0. The zero-order valence-electron chi connectivity index (χ0n) is 16.6. The molecule has 0 unspecified atom stereocenters. The fraction of sp³-hybridized carbons (Fsp3) is 0.476. The van der Waals surface area contributed by atoms with Crippen molar-refractivity contribution in [1.29, 1.82) is 0 Å². The van der Waals surface area contributed by atoms with Crippen molar-refractivity contribution in [2.75, 3.05) is 26.2 Å². The van der Waals surface area contributed by atoms with E-state index in [1.807, 2.05) is 17.9 Å². The number of nitrogens with zero attached hydrogens (tertiary/aromatic N) is 3. The summed E-state index contributed by atoms with van der Waals surface area (Å²) in [5, 5.41) is 0.250. The first kappa shape index (κ1) is 20.6. The number of benzene rings is 1. The Bertz CT molecular complexity index is 832. The minimum absolute atomic E-state index is 0.105. The van der Waals surface area contributed by atoms with Crippen LogP contribution in [0.1, 0.15) is 31.5 Å². The number of aromatic nitrogens is 2. The van der Waals surface area contributed by atoms with E-state index in [2.05, 4.69) is 46.1 Å². The maximum absolute atomic E-state index is 12.8. The largest absolute Gasteiger partial charge is 0.339 e. The van der Waals surface area contributed by atoms with Gasteiger partial charge in [-0.1, -0.05) is 55.4 Å². The summed E-state index contributed by atoms with van der Waals surface area (Å²) in [7, 11) is 0. The van der Waals surface area contributed by atoms with Gasteiger partial charge in [-0.3, -0.25) is 14.5 Å². The van der Waals surface area contributed by atoms with Gasteiger partial charge < -0.3 is 9.88 Å². The van der Waals surface area contributed by atoms with E-state index in [0.717, 1.165) is 51.3 Å². The Kier molecular flexibility index (Phi) is 7.28. The van der Waals surface area contributed by atoms with Crippen LogP contribution in [0.3, 0.4) is 0 Å². The molecule has 1 aliphatic heterocycles. The molecule has 150 valence electrons. The molecule has 0 bridgehead atoms. The molecule has 2 aromatic rings. The van der Waals surface area contributed by atoms with E-state index in [0.29, 0.717) is 5.16 Å². The van der Waals surface area contributed by atoms with E-state index in [4.69, 9.17) is 0 Å². The molecule has 1 fully saturated rings. The number of carbonyl (C=O) groups is 1. The highest BCUT2D eigenvalue weighted by Crippen LogP contribution is 2.21. The third-order valence-electron chi connectivity index (χ3n) is 4.85. The predicted molar refractivity (Wildman–Crippen MR) is 112 cm³/mol. The van der Waals surface area contributed by atoms with Crippen molar-refractivity contribution in [2.45, 2.75) is 43.6 Å². The van der Waals surface area contributed by atoms with Crippen molar-refractivity contribution < 1.29 is 4.79 Å². The van der Waals surface area contributed by atoms with E-state index in [1.54, 1.807) is 0 Å². The number of hydrogen-bond acceptors (Lipinski definition) is 5. The molecule has 2 heterocycles. The summed E-state index contributed by atoms with van der Waals surface area (Å²) in [6.45, 7) is 8.07. The summed E-state index contributed by atoms with van der Waals surface area (Å²) in [6.07, 6.45) is 1.70. The smallest absolute Gasteiger partial charge is 0.251 e. The first-order chi connectivity index (χ1) is 13.5. The van der Waals surface area contributed by atoms with Gasteiger partial charge in [0.2, 0.25) is 5.91 Å². The number of rotatable bonds is 7.